The monoisotopic (exact) mass is 432 g/mol. The quantitative estimate of drug-likeness (QED) is 0.309. The topological polar surface area (TPSA) is 0 Å². The number of hydrogen-bond acceptors (Lipinski definition) is 1. The zero-order valence-corrected chi connectivity index (χ0v) is 20.4. The minimum absolute atomic E-state index is 0.253. The van der Waals surface area contributed by atoms with Crippen molar-refractivity contribution in [2.75, 3.05) is 5.49 Å². The minimum Gasteiger partial charge on any atom is -0.175 e. The van der Waals surface area contributed by atoms with Gasteiger partial charge in [-0.05, 0) is 74.3 Å². The number of aryl methyl sites for hydroxylation is 4. The van der Waals surface area contributed by atoms with E-state index in [-0.39, 0.29) is 7.92 Å². The molecule has 0 aliphatic carbocycles. The van der Waals surface area contributed by atoms with Gasteiger partial charge in [0.2, 0.25) is 0 Å². The summed E-state index contributed by atoms with van der Waals surface area (Å²) in [4.78, 5) is 0. The molecule has 0 amide bonds. The third-order valence-electron chi connectivity index (χ3n) is 6.82. The molecule has 4 rings (SSSR count). The number of rotatable bonds is 4. The second-order valence-corrected chi connectivity index (χ2v) is 12.4. The first-order chi connectivity index (χ1) is 14.5. The molecule has 0 aromatic heterocycles. The molecule has 1 heterocycles. The summed E-state index contributed by atoms with van der Waals surface area (Å²) in [5.41, 5.74) is 12.4. The zero-order chi connectivity index (χ0) is 21.3. The molecule has 0 saturated carbocycles. The van der Waals surface area contributed by atoms with Gasteiger partial charge in [0.25, 0.3) is 0 Å². The lowest BCUT2D eigenvalue weighted by Crippen LogP contribution is -2.20. The van der Waals surface area contributed by atoms with Crippen LogP contribution in [0.15, 0.2) is 66.7 Å². The highest BCUT2D eigenvalue weighted by atomic mass is 32.1. The molecular weight excluding hydrogens is 399 g/mol. The Morgan fingerprint density at radius 1 is 0.733 bits per heavy atom. The lowest BCUT2D eigenvalue weighted by Gasteiger charge is -2.44. The van der Waals surface area contributed by atoms with Crippen molar-refractivity contribution in [2.45, 2.75) is 57.8 Å². The lowest BCUT2D eigenvalue weighted by molar-refractivity contribution is 0.526. The van der Waals surface area contributed by atoms with E-state index in [1.54, 1.807) is 11.1 Å². The average molecular weight is 433 g/mol. The summed E-state index contributed by atoms with van der Waals surface area (Å²) in [5.74, 6) is 0.598. The van der Waals surface area contributed by atoms with Crippen molar-refractivity contribution in [1.82, 2.24) is 0 Å². The van der Waals surface area contributed by atoms with Crippen LogP contribution < -0.4 is 0 Å². The first-order valence-corrected chi connectivity index (χ1v) is 13.3. The summed E-state index contributed by atoms with van der Waals surface area (Å²) in [6.07, 6.45) is 2.48. The third-order valence-corrected chi connectivity index (χ3v) is 10.7. The van der Waals surface area contributed by atoms with Gasteiger partial charge in [-0.15, -0.1) is 0 Å². The van der Waals surface area contributed by atoms with Gasteiger partial charge in [-0.3, -0.25) is 0 Å². The predicted octanol–water partition coefficient (Wildman–Crippen LogP) is 8.65. The fourth-order valence-corrected chi connectivity index (χ4v) is 9.68. The molecule has 1 fully saturated rings. The predicted molar refractivity (Wildman–Crippen MR) is 137 cm³/mol. The van der Waals surface area contributed by atoms with E-state index in [1.807, 2.05) is 0 Å². The number of hydrogen-bond donors (Lipinski definition) is 1. The van der Waals surface area contributed by atoms with Gasteiger partial charge in [-0.2, -0.15) is 12.6 Å². The Morgan fingerprint density at radius 3 is 1.67 bits per heavy atom. The van der Waals surface area contributed by atoms with Crippen LogP contribution in [0.3, 0.4) is 0 Å². The average Bonchev–Trinajstić information content (AvgIpc) is 2.73. The van der Waals surface area contributed by atoms with E-state index in [0.29, 0.717) is 17.2 Å². The van der Waals surface area contributed by atoms with Crippen LogP contribution in [0, 0.1) is 27.7 Å². The molecule has 0 bridgehead atoms. The molecule has 1 aliphatic rings. The molecule has 0 radical (unpaired) electrons. The Kier molecular flexibility index (Phi) is 6.71. The van der Waals surface area contributed by atoms with Crippen LogP contribution in [-0.2, 0) is 0 Å². The fraction of sp³-hybridized carbons (Fsp3) is 0.357. The summed E-state index contributed by atoms with van der Waals surface area (Å²) < 4.78 is 0. The van der Waals surface area contributed by atoms with E-state index in [2.05, 4.69) is 94.4 Å². The Bertz CT molecular complexity index is 949. The van der Waals surface area contributed by atoms with E-state index < -0.39 is 0 Å². The highest BCUT2D eigenvalue weighted by Crippen LogP contribution is 2.70. The van der Waals surface area contributed by atoms with Gasteiger partial charge in [-0.1, -0.05) is 85.8 Å². The second-order valence-electron chi connectivity index (χ2n) is 8.99. The van der Waals surface area contributed by atoms with Crippen LogP contribution >= 0.6 is 20.6 Å². The van der Waals surface area contributed by atoms with Crippen molar-refractivity contribution >= 4 is 20.6 Å². The molecule has 2 unspecified atom stereocenters. The molecule has 2 heteroatoms. The SMILES string of the molecule is Cc1ccc(C2CC(c3ccccc3)CC(c3ccc(C)cc3C)P2CS)c(C)c1. The van der Waals surface area contributed by atoms with E-state index in [9.17, 15) is 0 Å². The zero-order valence-electron chi connectivity index (χ0n) is 18.6. The smallest absolute Gasteiger partial charge is 0.0117 e. The highest BCUT2D eigenvalue weighted by molar-refractivity contribution is 7.89. The van der Waals surface area contributed by atoms with Crippen LogP contribution in [0.2, 0.25) is 0 Å². The molecular formula is C28H33PS. The maximum absolute atomic E-state index is 4.94. The first-order valence-electron chi connectivity index (χ1n) is 11.0. The van der Waals surface area contributed by atoms with E-state index in [4.69, 9.17) is 12.6 Å². The maximum atomic E-state index is 4.94. The lowest BCUT2D eigenvalue weighted by atomic mass is 9.84. The van der Waals surface area contributed by atoms with Crippen LogP contribution in [-0.4, -0.2) is 5.49 Å². The molecule has 1 saturated heterocycles. The normalized spacial score (nSPS) is 24.0. The first kappa shape index (κ1) is 21.7. The minimum atomic E-state index is -0.253. The van der Waals surface area contributed by atoms with Crippen molar-refractivity contribution in [2.24, 2.45) is 0 Å². The van der Waals surface area contributed by atoms with Crippen LogP contribution in [0.5, 0.6) is 0 Å². The molecule has 156 valence electrons. The molecule has 0 spiro atoms. The van der Waals surface area contributed by atoms with Crippen LogP contribution in [0.4, 0.5) is 0 Å². The third kappa shape index (κ3) is 4.39. The largest absolute Gasteiger partial charge is 0.175 e. The van der Waals surface area contributed by atoms with Crippen molar-refractivity contribution < 1.29 is 0 Å². The van der Waals surface area contributed by atoms with Crippen LogP contribution in [0.25, 0.3) is 0 Å². The maximum Gasteiger partial charge on any atom is 0.0117 e. The molecule has 3 aromatic rings. The van der Waals surface area contributed by atoms with Gasteiger partial charge < -0.3 is 0 Å². The van der Waals surface area contributed by atoms with Crippen molar-refractivity contribution in [3.05, 3.63) is 106 Å². The Morgan fingerprint density at radius 2 is 1.23 bits per heavy atom. The Hall–Kier alpha value is -1.56. The molecule has 1 aliphatic heterocycles. The Labute approximate surface area is 189 Å². The molecule has 2 atom stereocenters. The van der Waals surface area contributed by atoms with Gasteiger partial charge in [0.1, 0.15) is 0 Å². The highest BCUT2D eigenvalue weighted by Gasteiger charge is 2.39. The molecule has 3 aromatic carbocycles. The van der Waals surface area contributed by atoms with Gasteiger partial charge in [-0.25, -0.2) is 0 Å². The van der Waals surface area contributed by atoms with Gasteiger partial charge >= 0.3 is 0 Å². The van der Waals surface area contributed by atoms with E-state index in [0.717, 1.165) is 5.49 Å². The Balaban J connectivity index is 1.81. The fourth-order valence-electron chi connectivity index (χ4n) is 5.33. The standard InChI is InChI=1S/C28H33PS/c1-19-10-12-25(21(3)14-19)27-16-24(23-8-6-5-7-9-23)17-28(29(27)18-30)26-13-11-20(2)15-22(26)4/h5-15,24,27-28,30H,16-18H2,1-4H3. The van der Waals surface area contributed by atoms with Crippen molar-refractivity contribution in [3.8, 4) is 0 Å². The van der Waals surface area contributed by atoms with Gasteiger partial charge in [0, 0.05) is 16.8 Å². The summed E-state index contributed by atoms with van der Waals surface area (Å²) in [7, 11) is -0.253. The summed E-state index contributed by atoms with van der Waals surface area (Å²) in [5, 5.41) is 0. The van der Waals surface area contributed by atoms with E-state index in [1.165, 1.54) is 40.7 Å². The van der Waals surface area contributed by atoms with Gasteiger partial charge in [0.05, 0.1) is 0 Å². The molecule has 0 N–H and O–H groups in total. The van der Waals surface area contributed by atoms with Gasteiger partial charge in [0.15, 0.2) is 0 Å². The summed E-state index contributed by atoms with van der Waals surface area (Å²) in [6.45, 7) is 8.99. The summed E-state index contributed by atoms with van der Waals surface area (Å²) in [6, 6.07) is 25.3. The second kappa shape index (κ2) is 9.29. The molecule has 0 nitrogen and oxygen atoms in total. The number of thiol groups is 1. The van der Waals surface area contributed by atoms with Crippen molar-refractivity contribution in [3.63, 3.8) is 0 Å². The molecule has 30 heavy (non-hydrogen) atoms. The van der Waals surface area contributed by atoms with Crippen molar-refractivity contribution in [1.29, 1.82) is 0 Å². The number of benzene rings is 3. The van der Waals surface area contributed by atoms with E-state index >= 15 is 0 Å². The van der Waals surface area contributed by atoms with Crippen LogP contribution in [0.1, 0.15) is 69.0 Å². The summed E-state index contributed by atoms with van der Waals surface area (Å²) >= 11 is 4.94.